The fourth-order valence-corrected chi connectivity index (χ4v) is 3.79. The van der Waals surface area contributed by atoms with Crippen molar-refractivity contribution >= 4 is 34.0 Å². The predicted molar refractivity (Wildman–Crippen MR) is 110 cm³/mol. The second kappa shape index (κ2) is 7.82. The van der Waals surface area contributed by atoms with Crippen LogP contribution in [0.3, 0.4) is 0 Å². The number of para-hydroxylation sites is 2. The quantitative estimate of drug-likeness (QED) is 0.712. The molecule has 0 aliphatic carbocycles. The Morgan fingerprint density at radius 2 is 1.93 bits per heavy atom. The van der Waals surface area contributed by atoms with Crippen LogP contribution in [0.15, 0.2) is 60.0 Å². The highest BCUT2D eigenvalue weighted by Gasteiger charge is 2.31. The van der Waals surface area contributed by atoms with Crippen LogP contribution >= 0.6 is 11.3 Å². The van der Waals surface area contributed by atoms with Gasteiger partial charge in [-0.25, -0.2) is 4.98 Å². The molecule has 0 fully saturated rings. The number of anilines is 2. The van der Waals surface area contributed by atoms with Crippen molar-refractivity contribution in [2.24, 2.45) is 0 Å². The van der Waals surface area contributed by atoms with Crippen LogP contribution in [0, 0.1) is 0 Å². The molecule has 0 radical (unpaired) electrons. The first kappa shape index (κ1) is 18.2. The van der Waals surface area contributed by atoms with Crippen molar-refractivity contribution in [1.29, 1.82) is 0 Å². The van der Waals surface area contributed by atoms with E-state index < -0.39 is 6.10 Å². The van der Waals surface area contributed by atoms with Crippen molar-refractivity contribution in [2.75, 3.05) is 16.8 Å². The normalized spacial score (nSPS) is 15.7. The number of nitrogens with zero attached hydrogens (tertiary/aromatic N) is 2. The van der Waals surface area contributed by atoms with Crippen molar-refractivity contribution in [3.8, 4) is 17.0 Å². The van der Waals surface area contributed by atoms with Gasteiger partial charge in [0.25, 0.3) is 5.91 Å². The third-order valence-electron chi connectivity index (χ3n) is 4.46. The molecule has 0 saturated carbocycles. The summed E-state index contributed by atoms with van der Waals surface area (Å²) in [6.45, 7) is 2.00. The molecule has 0 bridgehead atoms. The Labute approximate surface area is 166 Å². The van der Waals surface area contributed by atoms with Gasteiger partial charge in [0.05, 0.1) is 11.4 Å². The summed E-state index contributed by atoms with van der Waals surface area (Å²) in [5.41, 5.74) is 2.52. The maximum Gasteiger partial charge on any atom is 0.267 e. The van der Waals surface area contributed by atoms with Crippen molar-refractivity contribution in [1.82, 2.24) is 4.98 Å². The molecule has 4 rings (SSSR count). The molecule has 1 N–H and O–H groups in total. The predicted octanol–water partition coefficient (Wildman–Crippen LogP) is 3.95. The molecular formula is C21H19N3O3S. The maximum absolute atomic E-state index is 12.5. The molecule has 3 aromatic rings. The van der Waals surface area contributed by atoms with Crippen LogP contribution < -0.4 is 15.0 Å². The van der Waals surface area contributed by atoms with Crippen molar-refractivity contribution < 1.29 is 14.3 Å². The average molecular weight is 393 g/mol. The van der Waals surface area contributed by atoms with Gasteiger partial charge in [0, 0.05) is 23.9 Å². The summed E-state index contributed by atoms with van der Waals surface area (Å²) in [6.07, 6.45) is -0.391. The summed E-state index contributed by atoms with van der Waals surface area (Å²) in [5, 5.41) is 5.28. The minimum absolute atomic E-state index is 0.146. The Hall–Kier alpha value is -3.19. The number of nitrogens with one attached hydrogen (secondary N) is 1. The molecule has 0 spiro atoms. The lowest BCUT2D eigenvalue weighted by molar-refractivity contribution is -0.125. The van der Waals surface area contributed by atoms with E-state index in [9.17, 15) is 9.59 Å². The fourth-order valence-electron chi connectivity index (χ4n) is 3.06. The number of carbonyl (C=O) groups is 2. The lowest BCUT2D eigenvalue weighted by Crippen LogP contribution is -2.45. The van der Waals surface area contributed by atoms with Crippen LogP contribution in [0.5, 0.6) is 5.75 Å². The highest BCUT2D eigenvalue weighted by atomic mass is 32.1. The van der Waals surface area contributed by atoms with E-state index in [1.54, 1.807) is 11.8 Å². The molecule has 142 valence electrons. The van der Waals surface area contributed by atoms with Crippen LogP contribution in [-0.2, 0) is 9.59 Å². The number of hydrogen-bond donors (Lipinski definition) is 1. The van der Waals surface area contributed by atoms with E-state index in [0.29, 0.717) is 16.6 Å². The van der Waals surface area contributed by atoms with Crippen LogP contribution in [0.1, 0.15) is 13.3 Å². The smallest absolute Gasteiger partial charge is 0.267 e. The van der Waals surface area contributed by atoms with Gasteiger partial charge in [-0.2, -0.15) is 0 Å². The number of hydrogen-bond acceptors (Lipinski definition) is 5. The van der Waals surface area contributed by atoms with Crippen LogP contribution in [0.4, 0.5) is 10.8 Å². The topological polar surface area (TPSA) is 71.5 Å². The van der Waals surface area contributed by atoms with Gasteiger partial charge in [-0.3, -0.25) is 9.59 Å². The van der Waals surface area contributed by atoms with E-state index in [0.717, 1.165) is 11.3 Å². The van der Waals surface area contributed by atoms with E-state index >= 15 is 0 Å². The molecule has 1 atom stereocenters. The van der Waals surface area contributed by atoms with Crippen LogP contribution in [-0.4, -0.2) is 29.4 Å². The van der Waals surface area contributed by atoms with Crippen LogP contribution in [0.25, 0.3) is 11.3 Å². The third-order valence-corrected chi connectivity index (χ3v) is 5.21. The molecule has 1 aliphatic rings. The summed E-state index contributed by atoms with van der Waals surface area (Å²) >= 11 is 1.38. The summed E-state index contributed by atoms with van der Waals surface area (Å²) in [7, 11) is 0. The Morgan fingerprint density at radius 1 is 1.18 bits per heavy atom. The summed E-state index contributed by atoms with van der Waals surface area (Å²) < 4.78 is 5.62. The molecule has 7 heteroatoms. The number of amides is 2. The lowest BCUT2D eigenvalue weighted by atomic mass is 10.1. The molecule has 6 nitrogen and oxygen atoms in total. The second-order valence-electron chi connectivity index (χ2n) is 6.42. The maximum atomic E-state index is 12.5. The van der Waals surface area contributed by atoms with Gasteiger partial charge in [0.15, 0.2) is 11.2 Å². The van der Waals surface area contributed by atoms with Gasteiger partial charge in [0.1, 0.15) is 5.75 Å². The first-order chi connectivity index (χ1) is 13.6. The summed E-state index contributed by atoms with van der Waals surface area (Å²) in [4.78, 5) is 30.9. The molecule has 2 amide bonds. The number of benzene rings is 2. The molecular weight excluding hydrogens is 374 g/mol. The highest BCUT2D eigenvalue weighted by molar-refractivity contribution is 7.14. The van der Waals surface area contributed by atoms with E-state index in [1.807, 2.05) is 60.0 Å². The molecule has 1 unspecified atom stereocenters. The molecule has 0 saturated heterocycles. The summed E-state index contributed by atoms with van der Waals surface area (Å²) in [6, 6.07) is 17.2. The van der Waals surface area contributed by atoms with Gasteiger partial charge in [-0.1, -0.05) is 42.5 Å². The number of carbonyl (C=O) groups excluding carboxylic acids is 2. The van der Waals surface area contributed by atoms with E-state index in [-0.39, 0.29) is 24.8 Å². The third kappa shape index (κ3) is 3.75. The van der Waals surface area contributed by atoms with Gasteiger partial charge in [-0.15, -0.1) is 11.3 Å². The highest BCUT2D eigenvalue weighted by Crippen LogP contribution is 2.33. The number of thiazole rings is 1. The first-order valence-corrected chi connectivity index (χ1v) is 9.87. The number of rotatable bonds is 5. The molecule has 1 aliphatic heterocycles. The lowest BCUT2D eigenvalue weighted by Gasteiger charge is -2.32. The minimum Gasteiger partial charge on any atom is -0.479 e. The molecule has 2 heterocycles. The largest absolute Gasteiger partial charge is 0.479 e. The Balaban J connectivity index is 1.40. The Morgan fingerprint density at radius 3 is 2.75 bits per heavy atom. The average Bonchev–Trinajstić information content (AvgIpc) is 3.17. The van der Waals surface area contributed by atoms with E-state index in [4.69, 9.17) is 4.74 Å². The fraction of sp³-hybridized carbons (Fsp3) is 0.190. The molecule has 28 heavy (non-hydrogen) atoms. The van der Waals surface area contributed by atoms with E-state index in [2.05, 4.69) is 10.3 Å². The molecule has 1 aromatic heterocycles. The van der Waals surface area contributed by atoms with Crippen LogP contribution in [0.2, 0.25) is 0 Å². The Bertz CT molecular complexity index is 1000. The zero-order valence-electron chi connectivity index (χ0n) is 15.3. The number of fused-ring (bicyclic) bond motifs is 1. The van der Waals surface area contributed by atoms with Gasteiger partial charge >= 0.3 is 0 Å². The Kier molecular flexibility index (Phi) is 5.08. The van der Waals surface area contributed by atoms with Crippen molar-refractivity contribution in [3.05, 3.63) is 60.0 Å². The van der Waals surface area contributed by atoms with E-state index in [1.165, 1.54) is 11.3 Å². The first-order valence-electron chi connectivity index (χ1n) is 8.99. The minimum atomic E-state index is -0.564. The standard InChI is InChI=1S/C21H19N3O3S/c1-14-20(26)24(17-9-5-6-10-18(17)27-14)12-11-19(25)23-21-22-16(13-28-21)15-7-3-2-4-8-15/h2-10,13-14H,11-12H2,1H3,(H,22,23,25). The molecule has 2 aromatic carbocycles. The second-order valence-corrected chi connectivity index (χ2v) is 7.28. The zero-order valence-corrected chi connectivity index (χ0v) is 16.1. The van der Waals surface area contributed by atoms with Gasteiger partial charge < -0.3 is 15.0 Å². The van der Waals surface area contributed by atoms with Crippen molar-refractivity contribution in [3.63, 3.8) is 0 Å². The van der Waals surface area contributed by atoms with Gasteiger partial charge in [0.2, 0.25) is 5.91 Å². The van der Waals surface area contributed by atoms with Crippen molar-refractivity contribution in [2.45, 2.75) is 19.4 Å². The zero-order chi connectivity index (χ0) is 19.5. The SMILES string of the molecule is CC1Oc2ccccc2N(CCC(=O)Nc2nc(-c3ccccc3)cs2)C1=O. The van der Waals surface area contributed by atoms with Gasteiger partial charge in [-0.05, 0) is 19.1 Å². The monoisotopic (exact) mass is 393 g/mol. The summed E-state index contributed by atoms with van der Waals surface area (Å²) in [5.74, 6) is 0.327. The number of aromatic nitrogens is 1. The number of ether oxygens (including phenoxy) is 1.